The van der Waals surface area contributed by atoms with Gasteiger partial charge in [-0.1, -0.05) is 0 Å². The third kappa shape index (κ3) is 3.38. The summed E-state index contributed by atoms with van der Waals surface area (Å²) in [4.78, 5) is 10.2. The summed E-state index contributed by atoms with van der Waals surface area (Å²) in [5, 5.41) is 3.15. The lowest BCUT2D eigenvalue weighted by atomic mass is 10.1. The molecule has 1 saturated heterocycles. The molecule has 5 nitrogen and oxygen atoms in total. The van der Waals surface area contributed by atoms with Crippen LogP contribution in [-0.4, -0.2) is 46.4 Å². The summed E-state index contributed by atoms with van der Waals surface area (Å²) in [7, 11) is 0. The summed E-state index contributed by atoms with van der Waals surface area (Å²) < 4.78 is 69.0. The largest absolute Gasteiger partial charge is 0.405 e. The smallest absolute Gasteiger partial charge is 0.353 e. The molecule has 2 aliphatic rings. The third-order valence-corrected chi connectivity index (χ3v) is 5.61. The van der Waals surface area contributed by atoms with Gasteiger partial charge in [-0.15, -0.1) is 0 Å². The molecular weight excluding hydrogens is 405 g/mol. The highest BCUT2D eigenvalue weighted by molar-refractivity contribution is 5.93. The molecule has 1 atom stereocenters. The van der Waals surface area contributed by atoms with Crippen molar-refractivity contribution in [2.75, 3.05) is 24.5 Å². The van der Waals surface area contributed by atoms with Gasteiger partial charge in [0.15, 0.2) is 0 Å². The van der Waals surface area contributed by atoms with Gasteiger partial charge >= 0.3 is 6.18 Å². The van der Waals surface area contributed by atoms with Crippen molar-refractivity contribution in [3.8, 4) is 5.69 Å². The Balaban J connectivity index is 1.65. The molecule has 10 heteroatoms. The quantitative estimate of drug-likeness (QED) is 0.649. The summed E-state index contributed by atoms with van der Waals surface area (Å²) in [6.07, 6.45) is 0.577. The van der Waals surface area contributed by atoms with Gasteiger partial charge in [0.05, 0.1) is 11.1 Å². The van der Waals surface area contributed by atoms with Gasteiger partial charge in [-0.25, -0.2) is 18.7 Å². The Morgan fingerprint density at radius 1 is 1.03 bits per heavy atom. The second-order valence-corrected chi connectivity index (χ2v) is 7.75. The zero-order valence-electron chi connectivity index (χ0n) is 15.8. The fraction of sp³-hybridized carbons (Fsp3) is 0.400. The Morgan fingerprint density at radius 3 is 2.43 bits per heavy atom. The maximum Gasteiger partial charge on any atom is 0.405 e. The molecule has 3 heterocycles. The molecule has 0 radical (unpaired) electrons. The van der Waals surface area contributed by atoms with Gasteiger partial charge in [0.25, 0.3) is 0 Å². The summed E-state index contributed by atoms with van der Waals surface area (Å²) >= 11 is 0. The standard InChI is InChI=1S/C20H18F5N5/c21-12-5-13(22)7-14(6-12)30-8-15(11-1-2-11)17-18(27-10-28-19(17)30)29-4-3-26-16(9-29)20(23,24)25/h5-8,10-11,16,26H,1-4,9H2/t16-/m0/s1. The van der Waals surface area contributed by atoms with Gasteiger partial charge in [-0.3, -0.25) is 0 Å². The van der Waals surface area contributed by atoms with E-state index in [1.165, 1.54) is 18.5 Å². The number of halogens is 5. The van der Waals surface area contributed by atoms with E-state index in [9.17, 15) is 22.0 Å². The molecule has 0 amide bonds. The van der Waals surface area contributed by atoms with E-state index in [2.05, 4.69) is 15.3 Å². The van der Waals surface area contributed by atoms with Crippen LogP contribution in [0.4, 0.5) is 27.8 Å². The number of hydrogen-bond acceptors (Lipinski definition) is 4. The van der Waals surface area contributed by atoms with Crippen molar-refractivity contribution in [3.05, 3.63) is 47.9 Å². The lowest BCUT2D eigenvalue weighted by molar-refractivity contribution is -0.155. The molecule has 0 unspecified atom stereocenters. The average molecular weight is 423 g/mol. The minimum absolute atomic E-state index is 0.171. The van der Waals surface area contributed by atoms with E-state index in [4.69, 9.17) is 0 Å². The predicted octanol–water partition coefficient (Wildman–Crippen LogP) is 3.92. The average Bonchev–Trinajstić information content (AvgIpc) is 3.46. The van der Waals surface area contributed by atoms with Crippen LogP contribution in [0, 0.1) is 11.6 Å². The van der Waals surface area contributed by atoms with E-state index in [1.807, 2.05) is 0 Å². The number of rotatable bonds is 3. The van der Waals surface area contributed by atoms with E-state index in [0.29, 0.717) is 23.4 Å². The number of aromatic nitrogens is 3. The highest BCUT2D eigenvalue weighted by Crippen LogP contribution is 2.46. The van der Waals surface area contributed by atoms with E-state index in [0.717, 1.165) is 24.5 Å². The van der Waals surface area contributed by atoms with Crippen molar-refractivity contribution in [1.29, 1.82) is 0 Å². The van der Waals surface area contributed by atoms with Crippen molar-refractivity contribution in [3.63, 3.8) is 0 Å². The van der Waals surface area contributed by atoms with Gasteiger partial charge in [0.2, 0.25) is 0 Å². The summed E-state index contributed by atoms with van der Waals surface area (Å²) in [5.41, 5.74) is 1.59. The number of anilines is 1. The Labute approximate surface area is 168 Å². The second kappa shape index (κ2) is 6.90. The SMILES string of the molecule is Fc1cc(F)cc(-n2cc(C3CC3)c3c(N4CCN[C@H](C(F)(F)F)C4)ncnc32)c1. The number of nitrogens with one attached hydrogen (secondary N) is 1. The Morgan fingerprint density at radius 2 is 1.77 bits per heavy atom. The Kier molecular flexibility index (Phi) is 4.42. The van der Waals surface area contributed by atoms with Crippen molar-refractivity contribution in [1.82, 2.24) is 19.9 Å². The molecule has 2 aromatic heterocycles. The number of benzene rings is 1. The van der Waals surface area contributed by atoms with Gasteiger partial charge in [-0.05, 0) is 36.5 Å². The maximum atomic E-state index is 13.8. The molecule has 5 rings (SSSR count). The van der Waals surface area contributed by atoms with Crippen molar-refractivity contribution in [2.45, 2.75) is 31.0 Å². The van der Waals surface area contributed by atoms with Gasteiger partial charge in [0, 0.05) is 31.9 Å². The zero-order valence-corrected chi connectivity index (χ0v) is 15.8. The number of alkyl halides is 3. The lowest BCUT2D eigenvalue weighted by Crippen LogP contribution is -2.57. The monoisotopic (exact) mass is 423 g/mol. The molecule has 1 aliphatic heterocycles. The lowest BCUT2D eigenvalue weighted by Gasteiger charge is -2.35. The van der Waals surface area contributed by atoms with Crippen LogP contribution in [0.3, 0.4) is 0 Å². The van der Waals surface area contributed by atoms with Crippen LogP contribution in [0.15, 0.2) is 30.7 Å². The van der Waals surface area contributed by atoms with Crippen LogP contribution in [0.5, 0.6) is 0 Å². The minimum atomic E-state index is -4.37. The van der Waals surface area contributed by atoms with Crippen LogP contribution in [0.2, 0.25) is 0 Å². The van der Waals surface area contributed by atoms with Crippen molar-refractivity contribution >= 4 is 16.9 Å². The van der Waals surface area contributed by atoms with E-state index in [1.54, 1.807) is 15.7 Å². The number of piperazine rings is 1. The maximum absolute atomic E-state index is 13.8. The van der Waals surface area contributed by atoms with Gasteiger partial charge in [0.1, 0.15) is 35.5 Å². The fourth-order valence-corrected chi connectivity index (χ4v) is 4.05. The Hall–Kier alpha value is -2.75. The molecular formula is C20H18F5N5. The second-order valence-electron chi connectivity index (χ2n) is 7.75. The molecule has 158 valence electrons. The summed E-state index contributed by atoms with van der Waals surface area (Å²) in [5.74, 6) is -0.778. The molecule has 1 aliphatic carbocycles. The molecule has 1 aromatic carbocycles. The number of hydrogen-bond donors (Lipinski definition) is 1. The molecule has 0 bridgehead atoms. The molecule has 30 heavy (non-hydrogen) atoms. The Bertz CT molecular complexity index is 1080. The molecule has 3 aromatic rings. The minimum Gasteiger partial charge on any atom is -0.353 e. The topological polar surface area (TPSA) is 46.0 Å². The first-order chi connectivity index (χ1) is 14.3. The molecule has 0 spiro atoms. The molecule has 2 fully saturated rings. The first-order valence-corrected chi connectivity index (χ1v) is 9.69. The first kappa shape index (κ1) is 19.2. The van der Waals surface area contributed by atoms with Crippen LogP contribution in [0.25, 0.3) is 16.7 Å². The molecule has 1 N–H and O–H groups in total. The zero-order chi connectivity index (χ0) is 21.0. The van der Waals surface area contributed by atoms with Crippen LogP contribution in [-0.2, 0) is 0 Å². The number of nitrogens with zero attached hydrogens (tertiary/aromatic N) is 4. The molecule has 1 saturated carbocycles. The van der Waals surface area contributed by atoms with Crippen LogP contribution < -0.4 is 10.2 Å². The van der Waals surface area contributed by atoms with Crippen LogP contribution in [0.1, 0.15) is 24.3 Å². The van der Waals surface area contributed by atoms with Gasteiger partial charge < -0.3 is 14.8 Å². The third-order valence-electron chi connectivity index (χ3n) is 5.61. The predicted molar refractivity (Wildman–Crippen MR) is 101 cm³/mol. The van der Waals surface area contributed by atoms with Gasteiger partial charge in [-0.2, -0.15) is 13.2 Å². The van der Waals surface area contributed by atoms with E-state index >= 15 is 0 Å². The van der Waals surface area contributed by atoms with E-state index < -0.39 is 23.9 Å². The summed E-state index contributed by atoms with van der Waals surface area (Å²) in [6, 6.07) is 1.53. The first-order valence-electron chi connectivity index (χ1n) is 9.69. The van der Waals surface area contributed by atoms with Crippen LogP contribution >= 0.6 is 0 Å². The normalized spacial score (nSPS) is 20.2. The summed E-state index contributed by atoms with van der Waals surface area (Å²) in [6.45, 7) is 0.270. The van der Waals surface area contributed by atoms with Crippen molar-refractivity contribution < 1.29 is 22.0 Å². The van der Waals surface area contributed by atoms with E-state index in [-0.39, 0.29) is 24.7 Å². The highest BCUT2D eigenvalue weighted by atomic mass is 19.4. The van der Waals surface area contributed by atoms with Crippen molar-refractivity contribution in [2.24, 2.45) is 0 Å². The fourth-order valence-electron chi connectivity index (χ4n) is 4.05. The highest BCUT2D eigenvalue weighted by Gasteiger charge is 2.42. The number of fused-ring (bicyclic) bond motifs is 1.